The van der Waals surface area contributed by atoms with Gasteiger partial charge in [0, 0.05) is 29.2 Å². The van der Waals surface area contributed by atoms with Crippen LogP contribution in [0.1, 0.15) is 24.0 Å². The van der Waals surface area contributed by atoms with Gasteiger partial charge in [-0.1, -0.05) is 24.3 Å². The fraction of sp³-hybridized carbons (Fsp3) is 0.0968. The highest BCUT2D eigenvalue weighted by Crippen LogP contribution is 2.37. The van der Waals surface area contributed by atoms with Gasteiger partial charge in [0.05, 0.1) is 5.56 Å². The summed E-state index contributed by atoms with van der Waals surface area (Å²) in [6.07, 6.45) is -3.13. The van der Waals surface area contributed by atoms with E-state index in [0.717, 1.165) is 30.3 Å². The Bertz CT molecular complexity index is 1670. The lowest BCUT2D eigenvalue weighted by molar-refractivity contribution is -0.187. The summed E-state index contributed by atoms with van der Waals surface area (Å²) in [6.45, 7) is 3.39. The van der Waals surface area contributed by atoms with Gasteiger partial charge < -0.3 is 4.74 Å². The van der Waals surface area contributed by atoms with Gasteiger partial charge in [-0.2, -0.15) is 8.78 Å². The van der Waals surface area contributed by atoms with Gasteiger partial charge in [0.1, 0.15) is 29.0 Å². The van der Waals surface area contributed by atoms with Crippen LogP contribution in [0.2, 0.25) is 0 Å². The maximum absolute atomic E-state index is 14.8. The van der Waals surface area contributed by atoms with E-state index in [4.69, 9.17) is 0 Å². The molecule has 0 fully saturated rings. The highest BCUT2D eigenvalue weighted by molar-refractivity contribution is 5.69. The van der Waals surface area contributed by atoms with Gasteiger partial charge in [0.2, 0.25) is 0 Å². The van der Waals surface area contributed by atoms with Crippen molar-refractivity contribution in [2.45, 2.75) is 19.0 Å². The van der Waals surface area contributed by atoms with E-state index in [1.165, 1.54) is 6.08 Å². The number of hydrogen-bond donors (Lipinski definition) is 0. The normalized spacial score (nSPS) is 12.2. The van der Waals surface area contributed by atoms with Crippen LogP contribution in [-0.4, -0.2) is 0 Å². The lowest BCUT2D eigenvalue weighted by atomic mass is 10.00. The average molecular weight is 596 g/mol. The molecule has 4 aromatic rings. The molecule has 0 atom stereocenters. The van der Waals surface area contributed by atoms with Gasteiger partial charge in [-0.3, -0.25) is 0 Å². The summed E-state index contributed by atoms with van der Waals surface area (Å²) in [5, 5.41) is 0. The van der Waals surface area contributed by atoms with E-state index in [2.05, 4.69) is 11.3 Å². The summed E-state index contributed by atoms with van der Waals surface area (Å²) in [5.41, 5.74) is -3.08. The fourth-order valence-electron chi connectivity index (χ4n) is 4.01. The van der Waals surface area contributed by atoms with Crippen molar-refractivity contribution in [1.82, 2.24) is 0 Å². The van der Waals surface area contributed by atoms with E-state index >= 15 is 0 Å². The van der Waals surface area contributed by atoms with E-state index in [1.807, 2.05) is 0 Å². The predicted molar refractivity (Wildman–Crippen MR) is 137 cm³/mol. The minimum absolute atomic E-state index is 0.151. The first kappa shape index (κ1) is 30.4. The molecule has 42 heavy (non-hydrogen) atoms. The minimum Gasteiger partial charge on any atom is -0.429 e. The first-order valence-corrected chi connectivity index (χ1v) is 12.1. The molecule has 0 bridgehead atoms. The maximum Gasteiger partial charge on any atom is 0.429 e. The van der Waals surface area contributed by atoms with Crippen molar-refractivity contribution >= 4 is 5.83 Å². The Balaban J connectivity index is 1.57. The summed E-state index contributed by atoms with van der Waals surface area (Å²) in [4.78, 5) is 0. The van der Waals surface area contributed by atoms with Crippen LogP contribution in [0.3, 0.4) is 0 Å². The first-order chi connectivity index (χ1) is 19.8. The zero-order valence-electron chi connectivity index (χ0n) is 21.2. The standard InChI is InChI=1S/C31H18F10O/c1-2-3-4-23(32)29(38)17-5-8-20(24(33)12-17)16-6-10-22(26(35)11-16)31(40,41)42-19-7-9-21(25(34)15-19)18-13-27(36)30(39)28(37)14-18/h2,5-15H,1,3-4H2/b29-23+. The summed E-state index contributed by atoms with van der Waals surface area (Å²) >= 11 is 0. The van der Waals surface area contributed by atoms with Gasteiger partial charge in [0.25, 0.3) is 0 Å². The highest BCUT2D eigenvalue weighted by atomic mass is 19.3. The zero-order chi connectivity index (χ0) is 30.8. The Morgan fingerprint density at radius 1 is 0.690 bits per heavy atom. The van der Waals surface area contributed by atoms with Gasteiger partial charge in [0.15, 0.2) is 23.3 Å². The zero-order valence-corrected chi connectivity index (χ0v) is 21.2. The number of hydrogen-bond acceptors (Lipinski definition) is 1. The van der Waals surface area contributed by atoms with Crippen LogP contribution in [0.15, 0.2) is 85.2 Å². The van der Waals surface area contributed by atoms with Crippen LogP contribution in [0.5, 0.6) is 5.75 Å². The van der Waals surface area contributed by atoms with Crippen LogP contribution < -0.4 is 4.74 Å². The van der Waals surface area contributed by atoms with Crippen molar-refractivity contribution in [2.24, 2.45) is 0 Å². The molecular formula is C31H18F10O. The third-order valence-corrected chi connectivity index (χ3v) is 6.10. The molecule has 11 heteroatoms. The SMILES string of the molecule is C=CCC/C(F)=C(\F)c1ccc(-c2ccc(C(F)(F)Oc3ccc(-c4cc(F)c(F)c(F)c4)c(F)c3)c(F)c2)c(F)c1. The minimum atomic E-state index is -4.37. The van der Waals surface area contributed by atoms with E-state index in [1.54, 1.807) is 0 Å². The van der Waals surface area contributed by atoms with Crippen LogP contribution in [0, 0.1) is 34.9 Å². The van der Waals surface area contributed by atoms with Gasteiger partial charge in [-0.15, -0.1) is 6.58 Å². The molecule has 0 aliphatic carbocycles. The molecule has 4 rings (SSSR count). The quantitative estimate of drug-likeness (QED) is 0.106. The van der Waals surface area contributed by atoms with E-state index < -0.39 is 80.7 Å². The second-order valence-corrected chi connectivity index (χ2v) is 8.95. The van der Waals surface area contributed by atoms with E-state index in [0.29, 0.717) is 36.4 Å². The topological polar surface area (TPSA) is 9.23 Å². The smallest absolute Gasteiger partial charge is 0.429 e. The molecule has 0 N–H and O–H groups in total. The molecule has 0 heterocycles. The molecule has 0 radical (unpaired) electrons. The number of benzene rings is 4. The highest BCUT2D eigenvalue weighted by Gasteiger charge is 2.38. The Morgan fingerprint density at radius 3 is 1.88 bits per heavy atom. The summed E-state index contributed by atoms with van der Waals surface area (Å²) in [6, 6.07) is 7.99. The molecule has 0 spiro atoms. The summed E-state index contributed by atoms with van der Waals surface area (Å²) in [5.74, 6) is -12.0. The van der Waals surface area contributed by atoms with Crippen molar-refractivity contribution in [1.29, 1.82) is 0 Å². The molecule has 0 aliphatic rings. The number of allylic oxidation sites excluding steroid dienone is 2. The van der Waals surface area contributed by atoms with Crippen molar-refractivity contribution in [3.05, 3.63) is 131 Å². The largest absolute Gasteiger partial charge is 0.429 e. The monoisotopic (exact) mass is 596 g/mol. The Labute approximate surface area is 233 Å². The van der Waals surface area contributed by atoms with Gasteiger partial charge in [-0.25, -0.2) is 35.1 Å². The lowest BCUT2D eigenvalue weighted by Gasteiger charge is -2.20. The molecule has 0 saturated carbocycles. The second-order valence-electron chi connectivity index (χ2n) is 8.95. The molecular weight excluding hydrogens is 578 g/mol. The fourth-order valence-corrected chi connectivity index (χ4v) is 4.01. The first-order valence-electron chi connectivity index (χ1n) is 12.1. The number of halogens is 10. The lowest BCUT2D eigenvalue weighted by Crippen LogP contribution is -2.23. The molecule has 218 valence electrons. The molecule has 0 aliphatic heterocycles. The molecule has 4 aromatic carbocycles. The Kier molecular flexibility index (Phi) is 8.79. The molecule has 1 nitrogen and oxygen atoms in total. The van der Waals surface area contributed by atoms with Gasteiger partial charge >= 0.3 is 6.11 Å². The number of alkyl halides is 2. The number of ether oxygens (including phenoxy) is 1. The molecule has 0 aromatic heterocycles. The summed E-state index contributed by atoms with van der Waals surface area (Å²) < 4.78 is 147. The molecule has 0 saturated heterocycles. The van der Waals surface area contributed by atoms with Crippen LogP contribution >= 0.6 is 0 Å². The average Bonchev–Trinajstić information content (AvgIpc) is 2.93. The van der Waals surface area contributed by atoms with E-state index in [9.17, 15) is 43.9 Å². The van der Waals surface area contributed by atoms with Crippen LogP contribution in [0.25, 0.3) is 28.1 Å². The Hall–Kier alpha value is -4.54. The molecule has 0 amide bonds. The van der Waals surface area contributed by atoms with Crippen molar-refractivity contribution in [3.63, 3.8) is 0 Å². The third kappa shape index (κ3) is 6.35. The van der Waals surface area contributed by atoms with Gasteiger partial charge in [-0.05, 0) is 60.0 Å². The van der Waals surface area contributed by atoms with Crippen molar-refractivity contribution in [3.8, 4) is 28.0 Å². The summed E-state index contributed by atoms with van der Waals surface area (Å²) in [7, 11) is 0. The number of rotatable bonds is 9. The third-order valence-electron chi connectivity index (χ3n) is 6.10. The van der Waals surface area contributed by atoms with Crippen LogP contribution in [0.4, 0.5) is 43.9 Å². The predicted octanol–water partition coefficient (Wildman–Crippen LogP) is 10.6. The van der Waals surface area contributed by atoms with Crippen molar-refractivity contribution < 1.29 is 48.6 Å². The maximum atomic E-state index is 14.8. The van der Waals surface area contributed by atoms with Crippen LogP contribution in [-0.2, 0) is 6.11 Å². The second kappa shape index (κ2) is 12.1. The van der Waals surface area contributed by atoms with Crippen molar-refractivity contribution in [2.75, 3.05) is 0 Å². The Morgan fingerprint density at radius 2 is 1.29 bits per heavy atom. The molecule has 0 unspecified atom stereocenters. The van der Waals surface area contributed by atoms with E-state index in [-0.39, 0.29) is 24.0 Å².